The summed E-state index contributed by atoms with van der Waals surface area (Å²) in [6.07, 6.45) is 0. The fraction of sp³-hybridized carbons (Fsp3) is 1.00. The Morgan fingerprint density at radius 2 is 1.70 bits per heavy atom. The maximum Gasteiger partial charge on any atom is 0.358 e. The maximum atomic E-state index is 10.6. The van der Waals surface area contributed by atoms with Crippen molar-refractivity contribution in [1.82, 2.24) is 0 Å². The van der Waals surface area contributed by atoms with E-state index in [4.69, 9.17) is 9.20 Å². The monoisotopic (exact) mass is 298 g/mol. The normalized spacial score (nSPS) is 17.3. The second kappa shape index (κ2) is 4.36. The van der Waals surface area contributed by atoms with Gasteiger partial charge in [-0.25, -0.2) is 0 Å². The lowest BCUT2D eigenvalue weighted by atomic mass is 11.9. The highest BCUT2D eigenvalue weighted by molar-refractivity contribution is 7.76. The van der Waals surface area contributed by atoms with Gasteiger partial charge in [-0.2, -0.15) is 4.31 Å². The van der Waals surface area contributed by atoms with Crippen LogP contribution in [0.15, 0.2) is 0 Å². The van der Waals surface area contributed by atoms with Crippen molar-refractivity contribution in [3.05, 3.63) is 0 Å². The van der Waals surface area contributed by atoms with Crippen LogP contribution in [0.1, 0.15) is 0 Å². The molecule has 0 rings (SSSR count). The van der Waals surface area contributed by atoms with Crippen LogP contribution in [0.25, 0.3) is 0 Å². The van der Waals surface area contributed by atoms with Crippen LogP contribution in [0.2, 0.25) is 0 Å². The van der Waals surface area contributed by atoms with Gasteiger partial charge < -0.3 is 28.9 Å². The third kappa shape index (κ3) is 12.0. The van der Waals surface area contributed by atoms with E-state index >= 15 is 0 Å². The van der Waals surface area contributed by atoms with Crippen molar-refractivity contribution in [1.29, 1.82) is 0 Å². The van der Waals surface area contributed by atoms with Crippen molar-refractivity contribution >= 4 is 15.1 Å². The zero-order chi connectivity index (χ0) is 7.71. The first-order chi connectivity index (χ1) is 3.71. The summed E-state index contributed by atoms with van der Waals surface area (Å²) in [5.41, 5.74) is 0. The van der Waals surface area contributed by atoms with Gasteiger partial charge in [-0.05, 0) is 0 Å². The smallest absolute Gasteiger partial charge is 0.358 e. The molecule has 0 fully saturated rings. The molecule has 0 aliphatic carbocycles. The van der Waals surface area contributed by atoms with Gasteiger partial charge in [0.05, 0.1) is 20.0 Å². The zero-order valence-electron chi connectivity index (χ0n) is 6.54. The summed E-state index contributed by atoms with van der Waals surface area (Å²) in [5.74, 6) is 0. The largest absolute Gasteiger partial charge is 1.00 e. The van der Waals surface area contributed by atoms with Crippen LogP contribution in [0, 0.1) is 0 Å². The fourth-order valence-corrected chi connectivity index (χ4v) is 4.09. The van der Waals surface area contributed by atoms with E-state index < -0.39 is 15.1 Å². The van der Waals surface area contributed by atoms with E-state index in [1.807, 2.05) is 20.0 Å². The molecule has 6 heteroatoms. The molecule has 0 aromatic heterocycles. The standard InChI is InChI=1S/C4H12O3P2.HI/c1-8(2,3)7-9(4,5)6;/h1-4H3;1H. The summed E-state index contributed by atoms with van der Waals surface area (Å²) in [5, 5.41) is 0. The Morgan fingerprint density at radius 3 is 1.70 bits per heavy atom. The van der Waals surface area contributed by atoms with E-state index in [1.165, 1.54) is 6.66 Å². The van der Waals surface area contributed by atoms with Crippen LogP contribution in [0.5, 0.6) is 0 Å². The van der Waals surface area contributed by atoms with Crippen molar-refractivity contribution in [2.24, 2.45) is 0 Å². The molecule has 0 bridgehead atoms. The minimum absolute atomic E-state index is 0. The lowest BCUT2D eigenvalue weighted by Crippen LogP contribution is -3.00. The van der Waals surface area contributed by atoms with Gasteiger partial charge in [0, 0.05) is 6.66 Å². The van der Waals surface area contributed by atoms with E-state index in [2.05, 4.69) is 0 Å². The Morgan fingerprint density at radius 1 is 1.40 bits per heavy atom. The molecule has 1 N–H and O–H groups in total. The van der Waals surface area contributed by atoms with Crippen LogP contribution in [0.4, 0.5) is 0 Å². The van der Waals surface area contributed by atoms with Gasteiger partial charge in [-0.15, -0.1) is 0 Å². The molecule has 0 aliphatic heterocycles. The molecular weight excluding hydrogens is 285 g/mol. The molecule has 1 unspecified atom stereocenters. The Kier molecular flexibility index (Phi) is 6.05. The van der Waals surface area contributed by atoms with Crippen molar-refractivity contribution in [3.63, 3.8) is 0 Å². The summed E-state index contributed by atoms with van der Waals surface area (Å²) >= 11 is 0. The molecule has 0 spiro atoms. The summed E-state index contributed by atoms with van der Waals surface area (Å²) in [6.45, 7) is 6.75. The van der Waals surface area contributed by atoms with Crippen molar-refractivity contribution in [2.75, 3.05) is 26.7 Å². The van der Waals surface area contributed by atoms with Crippen molar-refractivity contribution in [2.45, 2.75) is 0 Å². The molecule has 0 saturated carbocycles. The maximum absolute atomic E-state index is 10.6. The average molecular weight is 298 g/mol. The van der Waals surface area contributed by atoms with E-state index in [9.17, 15) is 4.57 Å². The van der Waals surface area contributed by atoms with E-state index in [-0.39, 0.29) is 24.0 Å². The lowest BCUT2D eigenvalue weighted by Gasteiger charge is -2.11. The summed E-state index contributed by atoms with van der Waals surface area (Å²) in [6, 6.07) is 0. The van der Waals surface area contributed by atoms with E-state index in [0.717, 1.165) is 0 Å². The van der Waals surface area contributed by atoms with Gasteiger partial charge in [-0.1, -0.05) is 0 Å². The van der Waals surface area contributed by atoms with Gasteiger partial charge in [0.2, 0.25) is 0 Å². The first kappa shape index (κ1) is 13.9. The van der Waals surface area contributed by atoms with Crippen LogP contribution < -0.4 is 24.0 Å². The molecule has 0 heterocycles. The van der Waals surface area contributed by atoms with Crippen LogP contribution in [-0.2, 0) is 8.88 Å². The first-order valence-electron chi connectivity index (χ1n) is 2.54. The average Bonchev–Trinajstić information content (AvgIpc) is 1.14. The molecule has 0 aliphatic rings. The Balaban J connectivity index is 0. The summed E-state index contributed by atoms with van der Waals surface area (Å²) < 4.78 is 15.4. The van der Waals surface area contributed by atoms with Gasteiger partial charge >= 0.3 is 7.60 Å². The predicted octanol–water partition coefficient (Wildman–Crippen LogP) is -1.36. The minimum Gasteiger partial charge on any atom is -1.00 e. The van der Waals surface area contributed by atoms with Crippen molar-refractivity contribution < 1.29 is 37.7 Å². The number of halogens is 1. The first-order valence-corrected chi connectivity index (χ1v) is 7.61. The Labute approximate surface area is 79.5 Å². The fourth-order valence-electron chi connectivity index (χ4n) is 0.454. The molecule has 0 aromatic rings. The van der Waals surface area contributed by atoms with Crippen molar-refractivity contribution in [3.8, 4) is 0 Å². The second-order valence-electron chi connectivity index (χ2n) is 2.77. The summed E-state index contributed by atoms with van der Waals surface area (Å²) in [4.78, 5) is 8.71. The molecular formula is C4H13IO3P2. The predicted molar refractivity (Wildman–Crippen MR) is 41.5 cm³/mol. The van der Waals surface area contributed by atoms with Crippen LogP contribution in [0.3, 0.4) is 0 Å². The highest BCUT2D eigenvalue weighted by Crippen LogP contribution is 2.60. The van der Waals surface area contributed by atoms with Crippen LogP contribution >= 0.6 is 15.1 Å². The molecule has 0 amide bonds. The highest BCUT2D eigenvalue weighted by Gasteiger charge is 2.28. The highest BCUT2D eigenvalue weighted by atomic mass is 127. The number of rotatable bonds is 2. The third-order valence-corrected chi connectivity index (χ3v) is 3.57. The third-order valence-electron chi connectivity index (χ3n) is 0.396. The van der Waals surface area contributed by atoms with Gasteiger partial charge in [0.25, 0.3) is 0 Å². The van der Waals surface area contributed by atoms with Gasteiger partial charge in [0.1, 0.15) is 7.49 Å². The second-order valence-corrected chi connectivity index (χ2v) is 8.81. The van der Waals surface area contributed by atoms with Gasteiger partial charge in [0.15, 0.2) is 0 Å². The van der Waals surface area contributed by atoms with E-state index in [0.29, 0.717) is 0 Å². The quantitative estimate of drug-likeness (QED) is 0.506. The number of hydrogen-bond acceptors (Lipinski definition) is 2. The Bertz CT molecular complexity index is 136. The zero-order valence-corrected chi connectivity index (χ0v) is 10.5. The topological polar surface area (TPSA) is 46.5 Å². The van der Waals surface area contributed by atoms with Crippen LogP contribution in [-0.4, -0.2) is 31.6 Å². The molecule has 64 valence electrons. The molecule has 0 aromatic carbocycles. The summed E-state index contributed by atoms with van der Waals surface area (Å²) in [7, 11) is -4.79. The van der Waals surface area contributed by atoms with Gasteiger partial charge in [-0.3, -0.25) is 4.57 Å². The Hall–Kier alpha value is 1.31. The SMILES string of the molecule is CP(=O)(O)O[P+](C)(C)C.[I-]. The molecule has 10 heavy (non-hydrogen) atoms. The molecule has 1 atom stereocenters. The molecule has 3 nitrogen and oxygen atoms in total. The number of hydrogen-bond donors (Lipinski definition) is 1. The minimum atomic E-state index is -3.24. The molecule has 0 saturated heterocycles. The lowest BCUT2D eigenvalue weighted by molar-refractivity contribution is -0.00000730. The molecule has 0 radical (unpaired) electrons. The van der Waals surface area contributed by atoms with E-state index in [1.54, 1.807) is 0 Å².